The van der Waals surface area contributed by atoms with Crippen molar-refractivity contribution >= 4 is 28.3 Å². The van der Waals surface area contributed by atoms with Gasteiger partial charge >= 0.3 is 0 Å². The monoisotopic (exact) mass is 377 g/mol. The molecule has 0 unspecified atom stereocenters. The van der Waals surface area contributed by atoms with E-state index in [4.69, 9.17) is 5.73 Å². The molecular formula is C16H28ClN3O3S. The first kappa shape index (κ1) is 22.9. The zero-order chi connectivity index (χ0) is 17.8. The summed E-state index contributed by atoms with van der Waals surface area (Å²) in [6.07, 6.45) is 0. The number of amides is 1. The minimum atomic E-state index is -3.59. The highest BCUT2D eigenvalue weighted by atomic mass is 35.5. The van der Waals surface area contributed by atoms with E-state index in [1.807, 2.05) is 0 Å². The summed E-state index contributed by atoms with van der Waals surface area (Å²) in [4.78, 5) is 12.5. The van der Waals surface area contributed by atoms with Crippen molar-refractivity contribution in [1.29, 1.82) is 0 Å². The van der Waals surface area contributed by atoms with E-state index in [9.17, 15) is 13.2 Å². The first-order chi connectivity index (χ1) is 10.5. The standard InChI is InChI=1S/C16H27N3O3S.ClH/c1-6-19(7-2)23(21,22)13-9-8-12(3)14(10-13)15(20)18-11-16(4,5)17;/h8-10H,6-7,11,17H2,1-5H3,(H,18,20);1H. The number of hydrogen-bond donors (Lipinski definition) is 2. The lowest BCUT2D eigenvalue weighted by Crippen LogP contribution is -2.45. The normalized spacial score (nSPS) is 12.0. The number of nitrogens with zero attached hydrogens (tertiary/aromatic N) is 1. The molecule has 1 aromatic carbocycles. The number of benzene rings is 1. The molecule has 138 valence electrons. The summed E-state index contributed by atoms with van der Waals surface area (Å²) >= 11 is 0. The molecule has 0 saturated heterocycles. The first-order valence-corrected chi connectivity index (χ1v) is 9.14. The number of carbonyl (C=O) groups excluding carboxylic acids is 1. The topological polar surface area (TPSA) is 92.5 Å². The van der Waals surface area contributed by atoms with Crippen LogP contribution in [-0.2, 0) is 10.0 Å². The third kappa shape index (κ3) is 5.73. The molecule has 1 amide bonds. The van der Waals surface area contributed by atoms with Crippen LogP contribution in [0.3, 0.4) is 0 Å². The van der Waals surface area contributed by atoms with E-state index in [-0.39, 0.29) is 23.2 Å². The van der Waals surface area contributed by atoms with Crippen LogP contribution in [-0.4, -0.2) is 43.8 Å². The van der Waals surface area contributed by atoms with E-state index in [0.29, 0.717) is 25.2 Å². The molecule has 0 saturated carbocycles. The number of hydrogen-bond acceptors (Lipinski definition) is 4. The molecule has 8 heteroatoms. The van der Waals surface area contributed by atoms with Gasteiger partial charge in [0.25, 0.3) is 5.91 Å². The van der Waals surface area contributed by atoms with E-state index in [1.165, 1.54) is 16.4 Å². The Bertz CT molecular complexity index is 666. The van der Waals surface area contributed by atoms with Gasteiger partial charge in [-0.3, -0.25) is 4.79 Å². The number of aryl methyl sites for hydroxylation is 1. The van der Waals surface area contributed by atoms with E-state index >= 15 is 0 Å². The molecule has 0 fully saturated rings. The molecule has 0 atom stereocenters. The number of carbonyl (C=O) groups is 1. The van der Waals surface area contributed by atoms with Gasteiger partial charge < -0.3 is 11.1 Å². The number of rotatable bonds is 7. The number of nitrogens with two attached hydrogens (primary N) is 1. The van der Waals surface area contributed by atoms with Crippen LogP contribution in [0.4, 0.5) is 0 Å². The zero-order valence-corrected chi connectivity index (χ0v) is 16.6. The molecule has 3 N–H and O–H groups in total. The molecule has 1 aromatic rings. The van der Waals surface area contributed by atoms with Crippen molar-refractivity contribution in [3.05, 3.63) is 29.3 Å². The van der Waals surface area contributed by atoms with Gasteiger partial charge in [-0.1, -0.05) is 19.9 Å². The Labute approximate surface area is 151 Å². The van der Waals surface area contributed by atoms with Crippen LogP contribution >= 0.6 is 12.4 Å². The molecule has 0 bridgehead atoms. The summed E-state index contributed by atoms with van der Waals surface area (Å²) in [5.74, 6) is -0.322. The van der Waals surface area contributed by atoms with Gasteiger partial charge in [-0.15, -0.1) is 12.4 Å². The summed E-state index contributed by atoms with van der Waals surface area (Å²) in [7, 11) is -3.59. The third-order valence-electron chi connectivity index (χ3n) is 3.50. The van der Waals surface area contributed by atoms with Crippen molar-refractivity contribution < 1.29 is 13.2 Å². The van der Waals surface area contributed by atoms with Gasteiger partial charge in [0.2, 0.25) is 10.0 Å². The second-order valence-electron chi connectivity index (χ2n) is 6.24. The molecule has 0 aliphatic carbocycles. The van der Waals surface area contributed by atoms with Gasteiger partial charge in [-0.05, 0) is 38.5 Å². The summed E-state index contributed by atoms with van der Waals surface area (Å²) in [6, 6.07) is 4.62. The predicted octanol–water partition coefficient (Wildman–Crippen LogP) is 1.91. The number of sulfonamides is 1. The molecular weight excluding hydrogens is 350 g/mol. The smallest absolute Gasteiger partial charge is 0.251 e. The Kier molecular flexibility index (Phi) is 8.38. The van der Waals surface area contributed by atoms with Crippen molar-refractivity contribution in [2.24, 2.45) is 5.73 Å². The van der Waals surface area contributed by atoms with Crippen LogP contribution in [0.5, 0.6) is 0 Å². The van der Waals surface area contributed by atoms with Crippen molar-refractivity contribution in [2.75, 3.05) is 19.6 Å². The fraction of sp³-hybridized carbons (Fsp3) is 0.562. The van der Waals surface area contributed by atoms with Crippen LogP contribution in [0.15, 0.2) is 23.1 Å². The molecule has 0 aliphatic heterocycles. The lowest BCUT2D eigenvalue weighted by atomic mass is 10.1. The van der Waals surface area contributed by atoms with E-state index in [1.54, 1.807) is 40.7 Å². The molecule has 0 aromatic heterocycles. The van der Waals surface area contributed by atoms with Gasteiger partial charge in [-0.2, -0.15) is 4.31 Å². The van der Waals surface area contributed by atoms with Crippen molar-refractivity contribution in [3.8, 4) is 0 Å². The maximum atomic E-state index is 12.6. The zero-order valence-electron chi connectivity index (χ0n) is 14.9. The van der Waals surface area contributed by atoms with Crippen molar-refractivity contribution in [3.63, 3.8) is 0 Å². The second-order valence-corrected chi connectivity index (χ2v) is 8.18. The van der Waals surface area contributed by atoms with Crippen LogP contribution in [0.2, 0.25) is 0 Å². The average molecular weight is 378 g/mol. The lowest BCUT2D eigenvalue weighted by molar-refractivity contribution is 0.0945. The summed E-state index contributed by atoms with van der Waals surface area (Å²) < 4.78 is 26.5. The minimum absolute atomic E-state index is 0. The van der Waals surface area contributed by atoms with E-state index in [2.05, 4.69) is 5.32 Å². The fourth-order valence-electron chi connectivity index (χ4n) is 2.12. The highest BCUT2D eigenvalue weighted by molar-refractivity contribution is 7.89. The summed E-state index contributed by atoms with van der Waals surface area (Å²) in [5.41, 5.74) is 6.39. The quantitative estimate of drug-likeness (QED) is 0.759. The molecule has 0 spiro atoms. The van der Waals surface area contributed by atoms with E-state index in [0.717, 1.165) is 5.56 Å². The molecule has 1 rings (SSSR count). The van der Waals surface area contributed by atoms with E-state index < -0.39 is 15.6 Å². The Hall–Kier alpha value is -1.15. The Morgan fingerprint density at radius 1 is 1.25 bits per heavy atom. The van der Waals surface area contributed by atoms with Gasteiger partial charge in [0.1, 0.15) is 0 Å². The minimum Gasteiger partial charge on any atom is -0.350 e. The first-order valence-electron chi connectivity index (χ1n) is 7.70. The average Bonchev–Trinajstić information content (AvgIpc) is 2.45. The third-order valence-corrected chi connectivity index (χ3v) is 5.55. The summed E-state index contributed by atoms with van der Waals surface area (Å²) in [5, 5.41) is 2.74. The maximum absolute atomic E-state index is 12.6. The second kappa shape index (κ2) is 8.80. The molecule has 0 radical (unpaired) electrons. The molecule has 24 heavy (non-hydrogen) atoms. The molecule has 0 heterocycles. The van der Waals surface area contributed by atoms with Gasteiger partial charge in [0.05, 0.1) is 4.90 Å². The fourth-order valence-corrected chi connectivity index (χ4v) is 3.61. The Morgan fingerprint density at radius 3 is 2.25 bits per heavy atom. The number of nitrogens with one attached hydrogen (secondary N) is 1. The predicted molar refractivity (Wildman–Crippen MR) is 99.1 cm³/mol. The van der Waals surface area contributed by atoms with Crippen LogP contribution in [0.1, 0.15) is 43.6 Å². The molecule has 6 nitrogen and oxygen atoms in total. The van der Waals surface area contributed by atoms with Crippen molar-refractivity contribution in [1.82, 2.24) is 9.62 Å². The lowest BCUT2D eigenvalue weighted by Gasteiger charge is -2.21. The Morgan fingerprint density at radius 2 is 1.79 bits per heavy atom. The van der Waals surface area contributed by atoms with Gasteiger partial charge in [0, 0.05) is 30.7 Å². The molecule has 0 aliphatic rings. The van der Waals surface area contributed by atoms with Gasteiger partial charge in [0.15, 0.2) is 0 Å². The Balaban J connectivity index is 0.00000529. The van der Waals surface area contributed by atoms with Crippen LogP contribution < -0.4 is 11.1 Å². The van der Waals surface area contributed by atoms with Crippen LogP contribution in [0, 0.1) is 6.92 Å². The van der Waals surface area contributed by atoms with Crippen molar-refractivity contribution in [2.45, 2.75) is 45.1 Å². The highest BCUT2D eigenvalue weighted by Crippen LogP contribution is 2.19. The number of halogens is 1. The largest absolute Gasteiger partial charge is 0.350 e. The SMILES string of the molecule is CCN(CC)S(=O)(=O)c1ccc(C)c(C(=O)NCC(C)(C)N)c1.Cl. The van der Waals surface area contributed by atoms with Gasteiger partial charge in [-0.25, -0.2) is 8.42 Å². The summed E-state index contributed by atoms with van der Waals surface area (Å²) in [6.45, 7) is 10.0. The van der Waals surface area contributed by atoms with Crippen LogP contribution in [0.25, 0.3) is 0 Å². The maximum Gasteiger partial charge on any atom is 0.251 e. The highest BCUT2D eigenvalue weighted by Gasteiger charge is 2.23.